The molecular weight excluding hydrogens is 358 g/mol. The van der Waals surface area contributed by atoms with E-state index in [2.05, 4.69) is 20.4 Å². The molecule has 0 saturated carbocycles. The summed E-state index contributed by atoms with van der Waals surface area (Å²) in [5.74, 6) is -0.202. The van der Waals surface area contributed by atoms with Gasteiger partial charge in [-0.15, -0.1) is 11.3 Å². The number of pyridine rings is 1. The minimum Gasteiger partial charge on any atom is -0.298 e. The molecule has 4 rings (SSSR count). The first-order valence-corrected chi connectivity index (χ1v) is 9.48. The highest BCUT2D eigenvalue weighted by Gasteiger charge is 2.20. The summed E-state index contributed by atoms with van der Waals surface area (Å²) in [5.41, 5.74) is 5.73. The summed E-state index contributed by atoms with van der Waals surface area (Å²) < 4.78 is 1.79. The highest BCUT2D eigenvalue weighted by atomic mass is 32.1. The van der Waals surface area contributed by atoms with Crippen molar-refractivity contribution in [2.45, 2.75) is 27.7 Å². The zero-order valence-corrected chi connectivity index (χ0v) is 16.4. The lowest BCUT2D eigenvalue weighted by atomic mass is 10.1. The third-order valence-corrected chi connectivity index (χ3v) is 5.18. The van der Waals surface area contributed by atoms with Crippen molar-refractivity contribution in [2.24, 2.45) is 0 Å². The first kappa shape index (κ1) is 17.4. The Morgan fingerprint density at radius 3 is 2.44 bits per heavy atom. The molecule has 0 aliphatic carbocycles. The van der Waals surface area contributed by atoms with E-state index in [9.17, 15) is 4.79 Å². The van der Waals surface area contributed by atoms with Gasteiger partial charge in [0.05, 0.1) is 28.0 Å². The van der Waals surface area contributed by atoms with E-state index in [0.717, 1.165) is 28.2 Å². The molecule has 1 amide bonds. The second-order valence-corrected chi connectivity index (χ2v) is 7.45. The molecule has 0 atom stereocenters. The Hall–Kier alpha value is -3.06. The van der Waals surface area contributed by atoms with E-state index >= 15 is 0 Å². The van der Waals surface area contributed by atoms with Gasteiger partial charge < -0.3 is 0 Å². The van der Waals surface area contributed by atoms with E-state index in [-0.39, 0.29) is 5.91 Å². The second-order valence-electron chi connectivity index (χ2n) is 6.59. The van der Waals surface area contributed by atoms with Crippen LogP contribution in [0.4, 0.5) is 5.13 Å². The predicted molar refractivity (Wildman–Crippen MR) is 108 cm³/mol. The lowest BCUT2D eigenvalue weighted by Crippen LogP contribution is -2.13. The number of anilines is 1. The average Bonchev–Trinajstić information content (AvgIpc) is 3.18. The number of rotatable bonds is 3. The van der Waals surface area contributed by atoms with Gasteiger partial charge in [0.1, 0.15) is 0 Å². The Bertz CT molecular complexity index is 1160. The van der Waals surface area contributed by atoms with E-state index in [1.54, 1.807) is 10.7 Å². The summed E-state index contributed by atoms with van der Waals surface area (Å²) in [6, 6.07) is 9.87. The number of hydrogen-bond acceptors (Lipinski definition) is 5. The fourth-order valence-corrected chi connectivity index (χ4v) is 3.72. The number of aryl methyl sites for hydroxylation is 4. The number of carbonyl (C=O) groups excluding carboxylic acids is 1. The highest BCUT2D eigenvalue weighted by Crippen LogP contribution is 2.26. The average molecular weight is 377 g/mol. The van der Waals surface area contributed by atoms with E-state index in [0.29, 0.717) is 16.3 Å². The van der Waals surface area contributed by atoms with Crippen molar-refractivity contribution in [1.82, 2.24) is 19.7 Å². The van der Waals surface area contributed by atoms with Crippen LogP contribution in [0.25, 0.3) is 16.7 Å². The number of aromatic nitrogens is 4. The maximum absolute atomic E-state index is 12.9. The first-order valence-electron chi connectivity index (χ1n) is 8.60. The Morgan fingerprint density at radius 1 is 1.04 bits per heavy atom. The molecule has 0 saturated heterocycles. The molecule has 0 fully saturated rings. The minimum absolute atomic E-state index is 0.202. The maximum Gasteiger partial charge on any atom is 0.258 e. The summed E-state index contributed by atoms with van der Waals surface area (Å²) in [4.78, 5) is 21.9. The molecule has 0 spiro atoms. The summed E-state index contributed by atoms with van der Waals surface area (Å²) in [6.07, 6.45) is 0. The molecule has 136 valence electrons. The van der Waals surface area contributed by atoms with Crippen molar-refractivity contribution in [3.63, 3.8) is 0 Å². The largest absolute Gasteiger partial charge is 0.298 e. The van der Waals surface area contributed by atoms with Crippen LogP contribution in [-0.4, -0.2) is 25.7 Å². The zero-order valence-electron chi connectivity index (χ0n) is 15.6. The van der Waals surface area contributed by atoms with Gasteiger partial charge in [-0.05, 0) is 45.9 Å². The fraction of sp³-hybridized carbons (Fsp3) is 0.200. The van der Waals surface area contributed by atoms with Crippen LogP contribution in [0.1, 0.15) is 33.0 Å². The van der Waals surface area contributed by atoms with Crippen LogP contribution in [0.3, 0.4) is 0 Å². The number of nitrogens with one attached hydrogen (secondary N) is 1. The topological polar surface area (TPSA) is 72.7 Å². The highest BCUT2D eigenvalue weighted by molar-refractivity contribution is 7.13. The van der Waals surface area contributed by atoms with Crippen LogP contribution in [0.15, 0.2) is 35.7 Å². The first-order chi connectivity index (χ1) is 12.9. The molecule has 6 nitrogen and oxygen atoms in total. The van der Waals surface area contributed by atoms with Gasteiger partial charge >= 0.3 is 0 Å². The molecule has 0 bridgehead atoms. The molecule has 4 aromatic rings. The number of amides is 1. The molecule has 3 heterocycles. The van der Waals surface area contributed by atoms with Crippen LogP contribution in [0.2, 0.25) is 0 Å². The summed E-state index contributed by atoms with van der Waals surface area (Å²) in [5, 5.41) is 10.8. The van der Waals surface area contributed by atoms with Crippen LogP contribution >= 0.6 is 11.3 Å². The lowest BCUT2D eigenvalue weighted by molar-refractivity contribution is 0.102. The fourth-order valence-electron chi connectivity index (χ4n) is 3.03. The van der Waals surface area contributed by atoms with Crippen molar-refractivity contribution < 1.29 is 4.79 Å². The molecule has 7 heteroatoms. The lowest BCUT2D eigenvalue weighted by Gasteiger charge is -2.07. The van der Waals surface area contributed by atoms with Gasteiger partial charge in [0, 0.05) is 11.1 Å². The molecule has 0 radical (unpaired) electrons. The molecule has 0 aliphatic rings. The van der Waals surface area contributed by atoms with E-state index in [1.807, 2.05) is 57.3 Å². The van der Waals surface area contributed by atoms with Crippen LogP contribution in [-0.2, 0) is 0 Å². The number of hydrogen-bond donors (Lipinski definition) is 1. The van der Waals surface area contributed by atoms with Crippen molar-refractivity contribution >= 4 is 33.4 Å². The number of nitrogens with zero attached hydrogens (tertiary/aromatic N) is 4. The summed E-state index contributed by atoms with van der Waals surface area (Å²) in [7, 11) is 0. The van der Waals surface area contributed by atoms with Gasteiger partial charge in [-0.2, -0.15) is 5.10 Å². The quantitative estimate of drug-likeness (QED) is 0.576. The molecule has 3 aromatic heterocycles. The predicted octanol–water partition coefficient (Wildman–Crippen LogP) is 4.36. The van der Waals surface area contributed by atoms with E-state index < -0.39 is 0 Å². The smallest absolute Gasteiger partial charge is 0.258 e. The van der Waals surface area contributed by atoms with E-state index in [1.165, 1.54) is 16.9 Å². The van der Waals surface area contributed by atoms with Gasteiger partial charge in [0.2, 0.25) is 0 Å². The monoisotopic (exact) mass is 377 g/mol. The zero-order chi connectivity index (χ0) is 19.1. The van der Waals surface area contributed by atoms with Crippen LogP contribution in [0.5, 0.6) is 0 Å². The van der Waals surface area contributed by atoms with Crippen LogP contribution < -0.4 is 5.32 Å². The van der Waals surface area contributed by atoms with Gasteiger partial charge in [-0.1, -0.05) is 17.7 Å². The SMILES string of the molecule is Cc1ccc(-n2nc(C)c3c(C(=O)Nc4nc(C)cs4)cc(C)nc32)cc1. The molecular formula is C20H19N5OS. The summed E-state index contributed by atoms with van der Waals surface area (Å²) in [6.45, 7) is 7.72. The second kappa shape index (κ2) is 6.59. The Balaban J connectivity index is 1.84. The molecule has 27 heavy (non-hydrogen) atoms. The third kappa shape index (κ3) is 3.21. The Morgan fingerprint density at radius 2 is 1.78 bits per heavy atom. The number of thiazole rings is 1. The Kier molecular flexibility index (Phi) is 4.24. The van der Waals surface area contributed by atoms with E-state index in [4.69, 9.17) is 0 Å². The van der Waals surface area contributed by atoms with Gasteiger partial charge in [0.25, 0.3) is 5.91 Å². The van der Waals surface area contributed by atoms with Crippen LogP contribution in [0, 0.1) is 27.7 Å². The molecule has 1 N–H and O–H groups in total. The number of fused-ring (bicyclic) bond motifs is 1. The van der Waals surface area contributed by atoms with Crippen molar-refractivity contribution in [2.75, 3.05) is 5.32 Å². The Labute approximate surface area is 160 Å². The normalized spacial score (nSPS) is 11.1. The standard InChI is InChI=1S/C20H19N5OS/c1-11-5-7-15(8-6-11)25-18-17(14(4)24-25)16(9-12(2)21-18)19(26)23-20-22-13(3)10-27-20/h5-10H,1-4H3,(H,22,23,26). The van der Waals surface area contributed by atoms with Gasteiger partial charge in [-0.25, -0.2) is 14.6 Å². The number of benzene rings is 1. The van der Waals surface area contributed by atoms with Gasteiger partial charge in [-0.3, -0.25) is 10.1 Å². The van der Waals surface area contributed by atoms with Gasteiger partial charge in [0.15, 0.2) is 10.8 Å². The summed E-state index contributed by atoms with van der Waals surface area (Å²) >= 11 is 1.41. The van der Waals surface area contributed by atoms with Crippen molar-refractivity contribution in [1.29, 1.82) is 0 Å². The van der Waals surface area contributed by atoms with Crippen molar-refractivity contribution in [3.05, 3.63) is 63.9 Å². The minimum atomic E-state index is -0.202. The maximum atomic E-state index is 12.9. The molecule has 0 aliphatic heterocycles. The van der Waals surface area contributed by atoms with Crippen molar-refractivity contribution in [3.8, 4) is 5.69 Å². The third-order valence-electron chi connectivity index (χ3n) is 4.30. The molecule has 1 aromatic carbocycles. The molecule has 0 unspecified atom stereocenters. The number of carbonyl (C=O) groups is 1.